The average molecular weight is 424 g/mol. The number of carbonyl (C=O) groups excluding carboxylic acids is 2. The Labute approximate surface area is 180 Å². The quantitative estimate of drug-likeness (QED) is 0.428. The van der Waals surface area contributed by atoms with Crippen LogP contribution in [-0.4, -0.2) is 26.6 Å². The summed E-state index contributed by atoms with van der Waals surface area (Å²) in [6.07, 6.45) is 3.24. The normalized spacial score (nSPS) is 11.7. The van der Waals surface area contributed by atoms with Gasteiger partial charge in [0.2, 0.25) is 5.91 Å². The molecule has 2 aromatic carbocycles. The first-order valence-corrected chi connectivity index (χ1v) is 10.8. The molecule has 2 amide bonds. The highest BCUT2D eigenvalue weighted by Crippen LogP contribution is 2.21. The van der Waals surface area contributed by atoms with Crippen molar-refractivity contribution >= 4 is 23.6 Å². The third kappa shape index (κ3) is 5.70. The summed E-state index contributed by atoms with van der Waals surface area (Å²) < 4.78 is 1.86. The second-order valence-corrected chi connectivity index (χ2v) is 7.85. The summed E-state index contributed by atoms with van der Waals surface area (Å²) in [7, 11) is 1.90. The molecule has 1 heterocycles. The van der Waals surface area contributed by atoms with Gasteiger partial charge in [0.1, 0.15) is 6.33 Å². The molecule has 0 spiro atoms. The molecular formula is C22H25N5O2S. The number of aryl methyl sites for hydroxylation is 1. The number of carbonyl (C=O) groups is 2. The van der Waals surface area contributed by atoms with E-state index < -0.39 is 0 Å². The molecule has 156 valence electrons. The van der Waals surface area contributed by atoms with Gasteiger partial charge < -0.3 is 4.57 Å². The SMILES string of the molecule is CCCC(C(=O)NNC(=O)c1ccc(CSc2nncn2C)cc1)c1ccccc1. The van der Waals surface area contributed by atoms with Gasteiger partial charge >= 0.3 is 0 Å². The summed E-state index contributed by atoms with van der Waals surface area (Å²) in [5.41, 5.74) is 7.58. The summed E-state index contributed by atoms with van der Waals surface area (Å²) in [6.45, 7) is 2.03. The fourth-order valence-corrected chi connectivity index (χ4v) is 3.85. The number of hydrogen-bond acceptors (Lipinski definition) is 5. The van der Waals surface area contributed by atoms with Gasteiger partial charge in [-0.2, -0.15) is 0 Å². The van der Waals surface area contributed by atoms with E-state index in [1.54, 1.807) is 30.2 Å². The molecule has 0 fully saturated rings. The number of nitrogens with zero attached hydrogens (tertiary/aromatic N) is 3. The van der Waals surface area contributed by atoms with Crippen molar-refractivity contribution in [1.82, 2.24) is 25.6 Å². The van der Waals surface area contributed by atoms with E-state index in [0.717, 1.165) is 28.5 Å². The van der Waals surface area contributed by atoms with Crippen LogP contribution in [0, 0.1) is 0 Å². The summed E-state index contributed by atoms with van der Waals surface area (Å²) in [6, 6.07) is 16.9. The minimum absolute atomic E-state index is 0.215. The lowest BCUT2D eigenvalue weighted by Crippen LogP contribution is -2.44. The molecule has 3 aromatic rings. The van der Waals surface area contributed by atoms with Crippen LogP contribution in [0.25, 0.3) is 0 Å². The van der Waals surface area contributed by atoms with Crippen molar-refractivity contribution in [2.45, 2.75) is 36.6 Å². The van der Waals surface area contributed by atoms with E-state index in [2.05, 4.69) is 21.0 Å². The monoisotopic (exact) mass is 423 g/mol. The first kappa shape index (κ1) is 21.6. The lowest BCUT2D eigenvalue weighted by molar-refractivity contribution is -0.123. The van der Waals surface area contributed by atoms with Crippen LogP contribution in [0.1, 0.15) is 47.2 Å². The van der Waals surface area contributed by atoms with Gasteiger partial charge in [0.25, 0.3) is 5.91 Å². The summed E-state index contributed by atoms with van der Waals surface area (Å²) in [5.74, 6) is -0.134. The molecule has 0 bridgehead atoms. The summed E-state index contributed by atoms with van der Waals surface area (Å²) >= 11 is 1.57. The van der Waals surface area contributed by atoms with E-state index >= 15 is 0 Å². The molecule has 1 unspecified atom stereocenters. The molecule has 3 rings (SSSR count). The van der Waals surface area contributed by atoms with Crippen LogP contribution < -0.4 is 10.9 Å². The van der Waals surface area contributed by atoms with Crippen molar-refractivity contribution in [2.24, 2.45) is 7.05 Å². The maximum atomic E-state index is 12.6. The average Bonchev–Trinajstić information content (AvgIpc) is 3.19. The number of aromatic nitrogens is 3. The minimum Gasteiger partial charge on any atom is -0.312 e. The fourth-order valence-electron chi connectivity index (χ4n) is 3.00. The zero-order valence-corrected chi connectivity index (χ0v) is 17.9. The second kappa shape index (κ2) is 10.6. The van der Waals surface area contributed by atoms with Gasteiger partial charge in [0, 0.05) is 18.4 Å². The third-order valence-electron chi connectivity index (χ3n) is 4.65. The molecule has 8 heteroatoms. The Morgan fingerprint density at radius 2 is 1.80 bits per heavy atom. The molecule has 7 nitrogen and oxygen atoms in total. The van der Waals surface area contributed by atoms with E-state index in [0.29, 0.717) is 12.0 Å². The van der Waals surface area contributed by atoms with Crippen LogP contribution in [-0.2, 0) is 17.6 Å². The number of thioether (sulfide) groups is 1. The zero-order chi connectivity index (χ0) is 21.3. The Morgan fingerprint density at radius 3 is 2.43 bits per heavy atom. The van der Waals surface area contributed by atoms with Crippen molar-refractivity contribution in [1.29, 1.82) is 0 Å². The lowest BCUT2D eigenvalue weighted by Gasteiger charge is -2.17. The van der Waals surface area contributed by atoms with Gasteiger partial charge in [-0.15, -0.1) is 10.2 Å². The zero-order valence-electron chi connectivity index (χ0n) is 17.0. The Morgan fingerprint density at radius 1 is 1.07 bits per heavy atom. The Kier molecular flexibility index (Phi) is 7.62. The third-order valence-corrected chi connectivity index (χ3v) is 5.75. The molecule has 0 saturated carbocycles. The molecule has 0 aliphatic heterocycles. The molecule has 0 aliphatic carbocycles. The maximum Gasteiger partial charge on any atom is 0.269 e. The highest BCUT2D eigenvalue weighted by Gasteiger charge is 2.20. The van der Waals surface area contributed by atoms with Gasteiger partial charge in [-0.05, 0) is 29.7 Å². The number of hydrogen-bond donors (Lipinski definition) is 2. The highest BCUT2D eigenvalue weighted by atomic mass is 32.2. The van der Waals surface area contributed by atoms with Gasteiger partial charge in [-0.25, -0.2) is 0 Å². The standard InChI is InChI=1S/C22H25N5O2S/c1-3-7-19(17-8-5-4-6-9-17)21(29)25-24-20(28)18-12-10-16(11-13-18)14-30-22-26-23-15-27(22)2/h4-6,8-13,15,19H,3,7,14H2,1-2H3,(H,24,28)(H,25,29). The molecule has 0 radical (unpaired) electrons. The molecule has 1 atom stereocenters. The number of nitrogens with one attached hydrogen (secondary N) is 2. The Balaban J connectivity index is 1.53. The lowest BCUT2D eigenvalue weighted by atomic mass is 9.94. The first-order chi connectivity index (χ1) is 14.6. The van der Waals surface area contributed by atoms with Crippen molar-refractivity contribution in [3.05, 3.63) is 77.6 Å². The molecule has 30 heavy (non-hydrogen) atoms. The number of benzene rings is 2. The van der Waals surface area contributed by atoms with E-state index in [1.165, 1.54) is 0 Å². The number of amides is 2. The van der Waals surface area contributed by atoms with Crippen LogP contribution >= 0.6 is 11.8 Å². The van der Waals surface area contributed by atoms with Gasteiger partial charge in [0.05, 0.1) is 5.92 Å². The van der Waals surface area contributed by atoms with Crippen LogP contribution in [0.15, 0.2) is 66.1 Å². The van der Waals surface area contributed by atoms with Crippen LogP contribution in [0.3, 0.4) is 0 Å². The van der Waals surface area contributed by atoms with Gasteiger partial charge in [0.15, 0.2) is 5.16 Å². The van der Waals surface area contributed by atoms with Crippen molar-refractivity contribution < 1.29 is 9.59 Å². The van der Waals surface area contributed by atoms with E-state index in [9.17, 15) is 9.59 Å². The predicted molar refractivity (Wildman–Crippen MR) is 117 cm³/mol. The fraction of sp³-hybridized carbons (Fsp3) is 0.273. The van der Waals surface area contributed by atoms with Gasteiger partial charge in [-0.1, -0.05) is 67.6 Å². The molecular weight excluding hydrogens is 398 g/mol. The second-order valence-electron chi connectivity index (χ2n) is 6.91. The van der Waals surface area contributed by atoms with E-state index in [-0.39, 0.29) is 17.7 Å². The van der Waals surface area contributed by atoms with Crippen molar-refractivity contribution in [2.75, 3.05) is 0 Å². The van der Waals surface area contributed by atoms with E-state index in [1.807, 2.05) is 61.0 Å². The Hall–Kier alpha value is -3.13. The largest absolute Gasteiger partial charge is 0.312 e. The topological polar surface area (TPSA) is 88.9 Å². The highest BCUT2D eigenvalue weighted by molar-refractivity contribution is 7.98. The van der Waals surface area contributed by atoms with Crippen molar-refractivity contribution in [3.63, 3.8) is 0 Å². The van der Waals surface area contributed by atoms with Crippen LogP contribution in [0.4, 0.5) is 0 Å². The predicted octanol–water partition coefficient (Wildman–Crippen LogP) is 3.45. The van der Waals surface area contributed by atoms with Crippen LogP contribution in [0.5, 0.6) is 0 Å². The minimum atomic E-state index is -0.348. The first-order valence-electron chi connectivity index (χ1n) is 9.79. The van der Waals surface area contributed by atoms with Gasteiger partial charge in [-0.3, -0.25) is 20.4 Å². The molecule has 0 aliphatic rings. The van der Waals surface area contributed by atoms with Crippen molar-refractivity contribution in [3.8, 4) is 0 Å². The molecule has 0 saturated heterocycles. The van der Waals surface area contributed by atoms with Crippen LogP contribution in [0.2, 0.25) is 0 Å². The Bertz CT molecular complexity index is 973. The van der Waals surface area contributed by atoms with E-state index in [4.69, 9.17) is 0 Å². The summed E-state index contributed by atoms with van der Waals surface area (Å²) in [4.78, 5) is 25.0. The smallest absolute Gasteiger partial charge is 0.269 e. The number of hydrazine groups is 1. The number of rotatable bonds is 8. The molecule has 1 aromatic heterocycles. The maximum absolute atomic E-state index is 12.6. The summed E-state index contributed by atoms with van der Waals surface area (Å²) in [5, 5.41) is 8.72. The molecule has 2 N–H and O–H groups in total.